The van der Waals surface area contributed by atoms with Gasteiger partial charge in [-0.1, -0.05) is 116 Å². The molecule has 0 saturated heterocycles. The number of para-hydroxylation sites is 4. The number of fused-ring (bicyclic) bond motifs is 2. The van der Waals surface area contributed by atoms with Gasteiger partial charge in [0, 0.05) is 39.1 Å². The number of rotatable bonds is 6. The molecular formula is C39H32N2. The summed E-state index contributed by atoms with van der Waals surface area (Å²) in [5.41, 5.74) is 9.74. The molecule has 0 aliphatic heterocycles. The Kier molecular flexibility index (Phi) is 6.58. The predicted molar refractivity (Wildman–Crippen MR) is 175 cm³/mol. The maximum absolute atomic E-state index is 2.45. The molecule has 1 aliphatic rings. The maximum atomic E-state index is 2.45. The monoisotopic (exact) mass is 528 g/mol. The van der Waals surface area contributed by atoms with Gasteiger partial charge in [-0.3, -0.25) is 0 Å². The van der Waals surface area contributed by atoms with Crippen LogP contribution in [-0.4, -0.2) is 0 Å². The van der Waals surface area contributed by atoms with Gasteiger partial charge in [-0.15, -0.1) is 0 Å². The van der Waals surface area contributed by atoms with Crippen LogP contribution in [-0.2, 0) is 6.42 Å². The lowest BCUT2D eigenvalue weighted by atomic mass is 9.84. The molecule has 6 aromatic rings. The first-order valence-electron chi connectivity index (χ1n) is 14.4. The quantitative estimate of drug-likeness (QED) is 0.198. The molecule has 1 aliphatic carbocycles. The zero-order chi connectivity index (χ0) is 27.6. The summed E-state index contributed by atoms with van der Waals surface area (Å²) in [5.74, 6) is 0.436. The highest BCUT2D eigenvalue weighted by Crippen LogP contribution is 2.51. The molecule has 0 amide bonds. The fourth-order valence-corrected chi connectivity index (χ4v) is 6.13. The van der Waals surface area contributed by atoms with Gasteiger partial charge in [-0.25, -0.2) is 0 Å². The topological polar surface area (TPSA) is 6.48 Å². The highest BCUT2D eigenvalue weighted by Gasteiger charge is 2.29. The van der Waals surface area contributed by atoms with Crippen LogP contribution in [0.5, 0.6) is 0 Å². The van der Waals surface area contributed by atoms with Crippen LogP contribution in [0.3, 0.4) is 0 Å². The molecule has 0 heterocycles. The van der Waals surface area contributed by atoms with E-state index in [-0.39, 0.29) is 0 Å². The minimum atomic E-state index is 0.436. The van der Waals surface area contributed by atoms with Crippen molar-refractivity contribution in [1.29, 1.82) is 0 Å². The molecule has 0 saturated carbocycles. The molecule has 198 valence electrons. The Morgan fingerprint density at radius 1 is 0.463 bits per heavy atom. The highest BCUT2D eigenvalue weighted by atomic mass is 15.2. The number of hydrogen-bond acceptors (Lipinski definition) is 2. The van der Waals surface area contributed by atoms with Gasteiger partial charge >= 0.3 is 0 Å². The van der Waals surface area contributed by atoms with Crippen molar-refractivity contribution in [2.75, 3.05) is 9.80 Å². The Balaban J connectivity index is 1.61. The third-order valence-corrected chi connectivity index (χ3v) is 7.93. The summed E-state index contributed by atoms with van der Waals surface area (Å²) < 4.78 is 0. The lowest BCUT2D eigenvalue weighted by molar-refractivity contribution is 0.718. The molecule has 0 fully saturated rings. The standard InChI is InChI=1S/C39H32N2/c1-29-26-27-36-37(28-29)39(41(32-20-10-4-11-21-32)33-22-12-5-13-23-33)35-25-15-14-24-34(35)38(36)40(30-16-6-2-7-17-30)31-18-8-3-9-19-31/h2-27,29H,28H2,1H3. The van der Waals surface area contributed by atoms with Crippen molar-refractivity contribution in [3.8, 4) is 0 Å². The minimum absolute atomic E-state index is 0.436. The lowest BCUT2D eigenvalue weighted by Gasteiger charge is -2.36. The normalized spacial score (nSPS) is 14.0. The number of anilines is 6. The first kappa shape index (κ1) is 24.9. The zero-order valence-corrected chi connectivity index (χ0v) is 23.2. The smallest absolute Gasteiger partial charge is 0.0616 e. The largest absolute Gasteiger partial charge is 0.310 e. The molecular weight excluding hydrogens is 496 g/mol. The summed E-state index contributed by atoms with van der Waals surface area (Å²) >= 11 is 0. The second kappa shape index (κ2) is 10.8. The summed E-state index contributed by atoms with van der Waals surface area (Å²) in [5, 5.41) is 2.47. The Morgan fingerprint density at radius 3 is 1.27 bits per heavy atom. The van der Waals surface area contributed by atoms with Crippen molar-refractivity contribution in [3.05, 3.63) is 163 Å². The van der Waals surface area contributed by atoms with Crippen LogP contribution in [0, 0.1) is 5.92 Å². The van der Waals surface area contributed by atoms with Crippen molar-refractivity contribution in [2.45, 2.75) is 13.3 Å². The van der Waals surface area contributed by atoms with Crippen LogP contribution in [0.4, 0.5) is 34.1 Å². The van der Waals surface area contributed by atoms with Gasteiger partial charge in [0.25, 0.3) is 0 Å². The fraction of sp³-hybridized carbons (Fsp3) is 0.0769. The minimum Gasteiger partial charge on any atom is -0.310 e. The number of nitrogens with zero attached hydrogens (tertiary/aromatic N) is 2. The van der Waals surface area contributed by atoms with Crippen LogP contribution in [0.25, 0.3) is 16.8 Å². The van der Waals surface area contributed by atoms with Gasteiger partial charge in [-0.2, -0.15) is 0 Å². The van der Waals surface area contributed by atoms with Gasteiger partial charge in [0.2, 0.25) is 0 Å². The molecule has 1 unspecified atom stereocenters. The Hall–Kier alpha value is -5.08. The summed E-state index contributed by atoms with van der Waals surface area (Å²) in [6.07, 6.45) is 5.70. The second-order valence-electron chi connectivity index (χ2n) is 10.7. The molecule has 2 heteroatoms. The molecule has 0 aromatic heterocycles. The number of benzene rings is 6. The van der Waals surface area contributed by atoms with E-state index >= 15 is 0 Å². The van der Waals surface area contributed by atoms with Crippen LogP contribution in [0.1, 0.15) is 18.1 Å². The third-order valence-electron chi connectivity index (χ3n) is 7.93. The lowest BCUT2D eigenvalue weighted by Crippen LogP contribution is -2.19. The van der Waals surface area contributed by atoms with Crippen molar-refractivity contribution < 1.29 is 0 Å². The first-order valence-corrected chi connectivity index (χ1v) is 14.4. The molecule has 0 bridgehead atoms. The van der Waals surface area contributed by atoms with Gasteiger partial charge in [0.1, 0.15) is 0 Å². The van der Waals surface area contributed by atoms with Crippen molar-refractivity contribution in [1.82, 2.24) is 0 Å². The van der Waals surface area contributed by atoms with E-state index in [1.807, 2.05) is 0 Å². The SMILES string of the molecule is CC1C=Cc2c(c(N(c3ccccc3)c3ccccc3)c3ccccc3c2N(c2ccccc2)c2ccccc2)C1. The number of hydrogen-bond donors (Lipinski definition) is 0. The van der Waals surface area contributed by atoms with E-state index in [1.165, 1.54) is 33.3 Å². The number of allylic oxidation sites excluding steroid dienone is 1. The van der Waals surface area contributed by atoms with Crippen molar-refractivity contribution in [3.63, 3.8) is 0 Å². The predicted octanol–water partition coefficient (Wildman–Crippen LogP) is 11.0. The average Bonchev–Trinajstić information content (AvgIpc) is 3.04. The maximum Gasteiger partial charge on any atom is 0.0616 e. The zero-order valence-electron chi connectivity index (χ0n) is 23.2. The molecule has 0 spiro atoms. The van der Waals surface area contributed by atoms with Gasteiger partial charge in [0.15, 0.2) is 0 Å². The fourth-order valence-electron chi connectivity index (χ4n) is 6.13. The van der Waals surface area contributed by atoms with E-state index in [9.17, 15) is 0 Å². The summed E-state index contributed by atoms with van der Waals surface area (Å²) in [7, 11) is 0. The average molecular weight is 529 g/mol. The van der Waals surface area contributed by atoms with E-state index < -0.39 is 0 Å². The molecule has 1 atom stereocenters. The highest BCUT2D eigenvalue weighted by molar-refractivity contribution is 6.12. The summed E-state index contributed by atoms with van der Waals surface area (Å²) in [6.45, 7) is 2.32. The van der Waals surface area contributed by atoms with Crippen LogP contribution in [0.15, 0.2) is 152 Å². The van der Waals surface area contributed by atoms with E-state index in [2.05, 4.69) is 174 Å². The van der Waals surface area contributed by atoms with Crippen LogP contribution in [0.2, 0.25) is 0 Å². The molecule has 0 radical (unpaired) electrons. The van der Waals surface area contributed by atoms with Crippen LogP contribution < -0.4 is 9.80 Å². The third kappa shape index (κ3) is 4.58. The Bertz CT molecular complexity index is 1730. The van der Waals surface area contributed by atoms with Gasteiger partial charge < -0.3 is 9.80 Å². The first-order chi connectivity index (χ1) is 20.3. The molecule has 0 N–H and O–H groups in total. The second-order valence-corrected chi connectivity index (χ2v) is 10.7. The molecule has 2 nitrogen and oxygen atoms in total. The molecule has 7 rings (SSSR count). The van der Waals surface area contributed by atoms with Gasteiger partial charge in [0.05, 0.1) is 11.4 Å². The summed E-state index contributed by atoms with van der Waals surface area (Å²) in [6, 6.07) is 52.0. The van der Waals surface area contributed by atoms with Crippen molar-refractivity contribution >= 4 is 51.0 Å². The Morgan fingerprint density at radius 2 is 0.829 bits per heavy atom. The van der Waals surface area contributed by atoms with E-state index in [0.717, 1.165) is 29.2 Å². The molecule has 6 aromatic carbocycles. The Labute approximate surface area is 242 Å². The van der Waals surface area contributed by atoms with Crippen molar-refractivity contribution in [2.24, 2.45) is 5.92 Å². The van der Waals surface area contributed by atoms with Crippen LogP contribution >= 0.6 is 0 Å². The van der Waals surface area contributed by atoms with Gasteiger partial charge in [-0.05, 0) is 66.4 Å². The van der Waals surface area contributed by atoms with E-state index in [4.69, 9.17) is 0 Å². The van der Waals surface area contributed by atoms with E-state index in [1.54, 1.807) is 0 Å². The van der Waals surface area contributed by atoms with E-state index in [0.29, 0.717) is 5.92 Å². The summed E-state index contributed by atoms with van der Waals surface area (Å²) in [4.78, 5) is 4.88. The molecule has 41 heavy (non-hydrogen) atoms.